The van der Waals surface area contributed by atoms with Gasteiger partial charge < -0.3 is 15.6 Å². The zero-order valence-corrected chi connectivity index (χ0v) is 15.7. The molecule has 6 nitrogen and oxygen atoms in total. The van der Waals surface area contributed by atoms with Gasteiger partial charge >= 0.3 is 0 Å². The first-order chi connectivity index (χ1) is 11.0. The van der Waals surface area contributed by atoms with Crippen molar-refractivity contribution in [2.75, 3.05) is 12.0 Å². The molecule has 3 N–H and O–H groups in total. The molecule has 0 aliphatic carbocycles. The van der Waals surface area contributed by atoms with Crippen molar-refractivity contribution in [1.29, 1.82) is 0 Å². The number of rotatable bonds is 7. The Morgan fingerprint density at radius 1 is 1.42 bits per heavy atom. The maximum absolute atomic E-state index is 12.0. The zero-order valence-electron chi connectivity index (χ0n) is 13.4. The number of aromatic nitrogens is 2. The van der Waals surface area contributed by atoms with Crippen LogP contribution < -0.4 is 11.1 Å². The molecule has 1 aromatic heterocycles. The van der Waals surface area contributed by atoms with E-state index in [1.807, 2.05) is 6.26 Å². The fourth-order valence-corrected chi connectivity index (χ4v) is 2.50. The van der Waals surface area contributed by atoms with Gasteiger partial charge in [-0.05, 0) is 49.6 Å². The quantitative estimate of drug-likeness (QED) is 0.754. The third-order valence-electron chi connectivity index (χ3n) is 3.25. The summed E-state index contributed by atoms with van der Waals surface area (Å²) in [7, 11) is 0. The Kier molecular flexibility index (Phi) is 8.55. The maximum Gasteiger partial charge on any atom is 0.257 e. The average molecular weight is 391 g/mol. The fraction of sp³-hybridized carbons (Fsp3) is 0.400. The van der Waals surface area contributed by atoms with Gasteiger partial charge in [0.05, 0.1) is 12.1 Å². The third kappa shape index (κ3) is 5.66. The lowest BCUT2D eigenvalue weighted by Crippen LogP contribution is -2.42. The number of hydrogen-bond donors (Lipinski definition) is 2. The van der Waals surface area contributed by atoms with Crippen LogP contribution in [0.1, 0.15) is 25.2 Å². The predicted octanol–water partition coefficient (Wildman–Crippen LogP) is 3.07. The van der Waals surface area contributed by atoms with Gasteiger partial charge in [0, 0.05) is 10.6 Å². The van der Waals surface area contributed by atoms with Crippen molar-refractivity contribution in [1.82, 2.24) is 15.5 Å². The van der Waals surface area contributed by atoms with Gasteiger partial charge in [0.25, 0.3) is 5.89 Å². The van der Waals surface area contributed by atoms with E-state index in [0.717, 1.165) is 11.3 Å². The molecule has 0 aliphatic heterocycles. The molecule has 0 bridgehead atoms. The highest BCUT2D eigenvalue weighted by Crippen LogP contribution is 2.21. The van der Waals surface area contributed by atoms with Gasteiger partial charge in [0.2, 0.25) is 5.91 Å². The molecule has 2 atom stereocenters. The highest BCUT2D eigenvalue weighted by atomic mass is 35.5. The first-order valence-electron chi connectivity index (χ1n) is 7.15. The van der Waals surface area contributed by atoms with Crippen molar-refractivity contribution >= 4 is 41.7 Å². The summed E-state index contributed by atoms with van der Waals surface area (Å²) in [5, 5.41) is 7.34. The SMILES string of the molecule is CSCC[C@H](N)C(=O)NC(C)c1noc(-c2ccc(Cl)cc2)n1.Cl. The molecule has 0 aliphatic rings. The molecule has 0 saturated heterocycles. The van der Waals surface area contributed by atoms with Gasteiger partial charge in [-0.2, -0.15) is 16.7 Å². The second kappa shape index (κ2) is 9.88. The summed E-state index contributed by atoms with van der Waals surface area (Å²) in [4.78, 5) is 16.3. The molecular weight excluding hydrogens is 371 g/mol. The fourth-order valence-electron chi connectivity index (χ4n) is 1.88. The standard InChI is InChI=1S/C15H19ClN4O2S.ClH/c1-9(18-14(21)12(17)7-8-23-2)13-19-15(22-20-13)10-3-5-11(16)6-4-10;/h3-6,9,12H,7-8,17H2,1-2H3,(H,18,21);1H/t9?,12-;/m0./s1. The van der Waals surface area contributed by atoms with Gasteiger partial charge in [0.1, 0.15) is 0 Å². The summed E-state index contributed by atoms with van der Waals surface area (Å²) in [5.74, 6) is 1.40. The molecule has 0 radical (unpaired) electrons. The summed E-state index contributed by atoms with van der Waals surface area (Å²) < 4.78 is 5.23. The van der Waals surface area contributed by atoms with E-state index in [2.05, 4.69) is 15.5 Å². The first kappa shape index (κ1) is 20.8. The number of benzene rings is 1. The van der Waals surface area contributed by atoms with Crippen LogP contribution in [0.4, 0.5) is 0 Å². The monoisotopic (exact) mass is 390 g/mol. The van der Waals surface area contributed by atoms with Crippen LogP contribution in [0.5, 0.6) is 0 Å². The molecule has 1 heterocycles. The lowest BCUT2D eigenvalue weighted by atomic mass is 10.2. The normalized spacial score (nSPS) is 13.0. The molecule has 1 unspecified atom stereocenters. The lowest BCUT2D eigenvalue weighted by molar-refractivity contribution is -0.123. The summed E-state index contributed by atoms with van der Waals surface area (Å²) in [6, 6.07) is 6.16. The van der Waals surface area contributed by atoms with Crippen molar-refractivity contribution in [2.45, 2.75) is 25.4 Å². The lowest BCUT2D eigenvalue weighted by Gasteiger charge is -2.14. The number of nitrogens with zero attached hydrogens (tertiary/aromatic N) is 2. The van der Waals surface area contributed by atoms with Crippen molar-refractivity contribution in [3.63, 3.8) is 0 Å². The highest BCUT2D eigenvalue weighted by molar-refractivity contribution is 7.98. The topological polar surface area (TPSA) is 94.0 Å². The molecule has 0 saturated carbocycles. The Bertz CT molecular complexity index is 651. The van der Waals surface area contributed by atoms with Crippen LogP contribution in [-0.4, -0.2) is 34.1 Å². The van der Waals surface area contributed by atoms with E-state index >= 15 is 0 Å². The molecule has 24 heavy (non-hydrogen) atoms. The smallest absolute Gasteiger partial charge is 0.257 e. The number of carbonyl (C=O) groups is 1. The second-order valence-electron chi connectivity index (χ2n) is 5.08. The third-order valence-corrected chi connectivity index (χ3v) is 4.14. The van der Waals surface area contributed by atoms with Crippen molar-refractivity contribution < 1.29 is 9.32 Å². The number of amides is 1. The van der Waals surface area contributed by atoms with E-state index in [0.29, 0.717) is 23.2 Å². The molecule has 2 aromatic rings. The van der Waals surface area contributed by atoms with E-state index in [4.69, 9.17) is 21.9 Å². The summed E-state index contributed by atoms with van der Waals surface area (Å²) >= 11 is 7.51. The van der Waals surface area contributed by atoms with Crippen LogP contribution in [-0.2, 0) is 4.79 Å². The number of thioether (sulfide) groups is 1. The minimum absolute atomic E-state index is 0. The maximum atomic E-state index is 12.0. The molecule has 1 aromatic carbocycles. The Hall–Kier alpha value is -1.28. The summed E-state index contributed by atoms with van der Waals surface area (Å²) in [5.41, 5.74) is 6.60. The molecule has 9 heteroatoms. The minimum atomic E-state index is -0.535. The van der Waals surface area contributed by atoms with Gasteiger partial charge in [0.15, 0.2) is 5.82 Å². The second-order valence-corrected chi connectivity index (χ2v) is 6.50. The number of halogens is 2. The van der Waals surface area contributed by atoms with Crippen LogP contribution in [0.15, 0.2) is 28.8 Å². The highest BCUT2D eigenvalue weighted by Gasteiger charge is 2.20. The number of nitrogens with two attached hydrogens (primary N) is 1. The Morgan fingerprint density at radius 2 is 2.08 bits per heavy atom. The molecule has 0 fully saturated rings. The van der Waals surface area contributed by atoms with E-state index < -0.39 is 6.04 Å². The van der Waals surface area contributed by atoms with Crippen LogP contribution in [0.3, 0.4) is 0 Å². The van der Waals surface area contributed by atoms with Crippen molar-refractivity contribution in [2.24, 2.45) is 5.73 Å². The Morgan fingerprint density at radius 3 is 2.71 bits per heavy atom. The molecular formula is C15H20Cl2N4O2S. The number of carbonyl (C=O) groups excluding carboxylic acids is 1. The van der Waals surface area contributed by atoms with Crippen LogP contribution in [0, 0.1) is 0 Å². The van der Waals surface area contributed by atoms with E-state index in [9.17, 15) is 4.79 Å². The molecule has 2 rings (SSSR count). The van der Waals surface area contributed by atoms with Crippen molar-refractivity contribution in [3.8, 4) is 11.5 Å². The van der Waals surface area contributed by atoms with Gasteiger partial charge in [-0.25, -0.2) is 0 Å². The molecule has 0 spiro atoms. The zero-order chi connectivity index (χ0) is 16.8. The Balaban J connectivity index is 0.00000288. The van der Waals surface area contributed by atoms with Gasteiger partial charge in [-0.1, -0.05) is 16.8 Å². The molecule has 132 valence electrons. The largest absolute Gasteiger partial charge is 0.345 e. The van der Waals surface area contributed by atoms with E-state index in [1.54, 1.807) is 43.0 Å². The molecule has 1 amide bonds. The van der Waals surface area contributed by atoms with Crippen LogP contribution >= 0.6 is 35.8 Å². The minimum Gasteiger partial charge on any atom is -0.345 e. The van der Waals surface area contributed by atoms with Gasteiger partial charge in [-0.15, -0.1) is 12.4 Å². The number of hydrogen-bond acceptors (Lipinski definition) is 6. The van der Waals surface area contributed by atoms with Crippen LogP contribution in [0.25, 0.3) is 11.5 Å². The van der Waals surface area contributed by atoms with E-state index in [-0.39, 0.29) is 24.4 Å². The first-order valence-corrected chi connectivity index (χ1v) is 8.93. The van der Waals surface area contributed by atoms with E-state index in [1.165, 1.54) is 0 Å². The van der Waals surface area contributed by atoms with Crippen LogP contribution in [0.2, 0.25) is 5.02 Å². The summed E-state index contributed by atoms with van der Waals surface area (Å²) in [6.07, 6.45) is 2.60. The predicted molar refractivity (Wildman–Crippen MR) is 99.5 cm³/mol. The number of nitrogens with one attached hydrogen (secondary N) is 1. The van der Waals surface area contributed by atoms with Gasteiger partial charge in [-0.3, -0.25) is 4.79 Å². The average Bonchev–Trinajstić information content (AvgIpc) is 3.03. The van der Waals surface area contributed by atoms with Crippen molar-refractivity contribution in [3.05, 3.63) is 35.1 Å². The Labute approximate surface area is 156 Å². The summed E-state index contributed by atoms with van der Waals surface area (Å²) in [6.45, 7) is 1.79.